The van der Waals surface area contributed by atoms with Crippen molar-refractivity contribution < 1.29 is 4.32 Å². The van der Waals surface area contributed by atoms with Crippen LogP contribution in [-0.2, 0) is 5.41 Å². The molecule has 0 saturated carbocycles. The molecule has 0 unspecified atom stereocenters. The van der Waals surface area contributed by atoms with E-state index in [1.165, 1.54) is 10.9 Å². The zero-order chi connectivity index (χ0) is 8.48. The minimum Gasteiger partial charge on any atom is -0.305 e. The second-order valence-corrected chi connectivity index (χ2v) is 3.48. The van der Waals surface area contributed by atoms with Crippen molar-refractivity contribution in [2.75, 3.05) is 0 Å². The van der Waals surface area contributed by atoms with Crippen molar-refractivity contribution in [3.8, 4) is 0 Å². The average Bonchev–Trinajstić information content (AvgIpc) is 2.32. The Labute approximate surface area is 65.9 Å². The summed E-state index contributed by atoms with van der Waals surface area (Å²) in [6.07, 6.45) is 1.40. The van der Waals surface area contributed by atoms with Gasteiger partial charge in [-0.2, -0.15) is 5.10 Å². The lowest BCUT2D eigenvalue weighted by atomic mass is 9.96. The van der Waals surface area contributed by atoms with Gasteiger partial charge in [-0.1, -0.05) is 20.8 Å². The van der Waals surface area contributed by atoms with Gasteiger partial charge in [0.1, 0.15) is 6.33 Å². The summed E-state index contributed by atoms with van der Waals surface area (Å²) in [5.74, 6) is 0.676. The fourth-order valence-corrected chi connectivity index (χ4v) is 0.696. The molecule has 0 fully saturated rings. The first-order valence-electron chi connectivity index (χ1n) is 3.50. The number of hydrogen-bond acceptors (Lipinski definition) is 2. The van der Waals surface area contributed by atoms with Crippen LogP contribution in [0.3, 0.4) is 0 Å². The highest BCUT2D eigenvalue weighted by molar-refractivity contribution is 6.23. The molecule has 0 aliphatic rings. The zero-order valence-electron chi connectivity index (χ0n) is 7.00. The smallest absolute Gasteiger partial charge is 0.305 e. The Balaban J connectivity index is 2.89. The Bertz CT molecular complexity index is 240. The number of rotatable bonds is 1. The molecule has 1 aromatic heterocycles. The van der Waals surface area contributed by atoms with Crippen molar-refractivity contribution in [1.82, 2.24) is 14.7 Å². The molecular weight excluding hydrogens is 144 g/mol. The number of nitrogens with zero attached hydrogens (tertiary/aromatic N) is 3. The van der Waals surface area contributed by atoms with E-state index in [9.17, 15) is 4.32 Å². The topological polar surface area (TPSA) is 30.7 Å². The van der Waals surface area contributed by atoms with E-state index in [-0.39, 0.29) is 5.41 Å². The van der Waals surface area contributed by atoms with E-state index < -0.39 is 7.69 Å². The number of aromatic nitrogens is 3. The van der Waals surface area contributed by atoms with Crippen molar-refractivity contribution in [2.45, 2.75) is 26.2 Å². The SMILES string of the molecule is CC(C)(C)c1ncn(BF)n1. The molecule has 0 aliphatic carbocycles. The molecule has 1 rings (SSSR count). The van der Waals surface area contributed by atoms with Crippen LogP contribution in [0.2, 0.25) is 0 Å². The van der Waals surface area contributed by atoms with Gasteiger partial charge in [-0.15, -0.1) is 0 Å². The molecule has 0 saturated heterocycles. The van der Waals surface area contributed by atoms with E-state index in [0.717, 1.165) is 0 Å². The van der Waals surface area contributed by atoms with E-state index in [2.05, 4.69) is 10.1 Å². The van der Waals surface area contributed by atoms with Crippen molar-refractivity contribution >= 4 is 7.69 Å². The van der Waals surface area contributed by atoms with Gasteiger partial charge < -0.3 is 4.32 Å². The van der Waals surface area contributed by atoms with Gasteiger partial charge in [0.25, 0.3) is 0 Å². The lowest BCUT2D eigenvalue weighted by Gasteiger charge is -2.12. The maximum atomic E-state index is 12.0. The van der Waals surface area contributed by atoms with Gasteiger partial charge in [-0.05, 0) is 0 Å². The Kier molecular flexibility index (Phi) is 1.98. The van der Waals surface area contributed by atoms with Crippen molar-refractivity contribution in [3.63, 3.8) is 0 Å². The Morgan fingerprint density at radius 3 is 2.45 bits per heavy atom. The molecule has 3 nitrogen and oxygen atoms in total. The first kappa shape index (κ1) is 8.23. The summed E-state index contributed by atoms with van der Waals surface area (Å²) < 4.78 is 13.2. The molecule has 0 N–H and O–H groups in total. The van der Waals surface area contributed by atoms with E-state index in [1.807, 2.05) is 20.8 Å². The lowest BCUT2D eigenvalue weighted by Crippen LogP contribution is -2.14. The summed E-state index contributed by atoms with van der Waals surface area (Å²) in [6, 6.07) is 0. The molecule has 0 amide bonds. The average molecular weight is 155 g/mol. The van der Waals surface area contributed by atoms with Crippen LogP contribution in [0.25, 0.3) is 0 Å². The minimum atomic E-state index is -0.608. The van der Waals surface area contributed by atoms with Gasteiger partial charge in [0.2, 0.25) is 0 Å². The number of halogens is 1. The molecular formula is C6H11BFN3. The largest absolute Gasteiger partial charge is 0.466 e. The van der Waals surface area contributed by atoms with Gasteiger partial charge >= 0.3 is 7.69 Å². The summed E-state index contributed by atoms with van der Waals surface area (Å²) in [5, 5.41) is 3.93. The molecule has 1 aromatic rings. The summed E-state index contributed by atoms with van der Waals surface area (Å²) in [5.41, 5.74) is -0.0968. The monoisotopic (exact) mass is 155 g/mol. The van der Waals surface area contributed by atoms with Gasteiger partial charge in [-0.25, -0.2) is 4.98 Å². The molecule has 0 bridgehead atoms. The first-order chi connectivity index (χ1) is 5.04. The Hall–Kier alpha value is -0.865. The van der Waals surface area contributed by atoms with Crippen LogP contribution in [0.15, 0.2) is 6.33 Å². The summed E-state index contributed by atoms with van der Waals surface area (Å²) in [4.78, 5) is 3.97. The van der Waals surface area contributed by atoms with Crippen LogP contribution < -0.4 is 0 Å². The van der Waals surface area contributed by atoms with Crippen LogP contribution >= 0.6 is 0 Å². The highest BCUT2D eigenvalue weighted by Crippen LogP contribution is 2.16. The Morgan fingerprint density at radius 2 is 2.18 bits per heavy atom. The fourth-order valence-electron chi connectivity index (χ4n) is 0.696. The standard InChI is InChI=1S/C6H11BFN3/c1-6(2,3)5-9-4-11(7-8)10-5/h4,7H,1-3H3. The molecule has 0 aromatic carbocycles. The Morgan fingerprint density at radius 1 is 1.55 bits per heavy atom. The fraction of sp³-hybridized carbons (Fsp3) is 0.667. The third-order valence-electron chi connectivity index (χ3n) is 1.33. The minimum absolute atomic E-state index is 0.0968. The first-order valence-corrected chi connectivity index (χ1v) is 3.50. The van der Waals surface area contributed by atoms with Crippen LogP contribution in [0.4, 0.5) is 4.32 Å². The van der Waals surface area contributed by atoms with Crippen molar-refractivity contribution in [3.05, 3.63) is 12.2 Å². The predicted octanol–water partition coefficient (Wildman–Crippen LogP) is 0.660. The quantitative estimate of drug-likeness (QED) is 0.557. The van der Waals surface area contributed by atoms with Crippen molar-refractivity contribution in [2.24, 2.45) is 0 Å². The maximum absolute atomic E-state index is 12.0. The normalized spacial score (nSPS) is 11.6. The lowest BCUT2D eigenvalue weighted by molar-refractivity contribution is 0.545. The van der Waals surface area contributed by atoms with Crippen LogP contribution in [0.5, 0.6) is 0 Å². The molecule has 0 spiro atoms. The van der Waals surface area contributed by atoms with Crippen LogP contribution in [-0.4, -0.2) is 22.4 Å². The zero-order valence-corrected chi connectivity index (χ0v) is 7.00. The predicted molar refractivity (Wildman–Crippen MR) is 42.4 cm³/mol. The van der Waals surface area contributed by atoms with E-state index in [0.29, 0.717) is 5.82 Å². The summed E-state index contributed by atoms with van der Waals surface area (Å²) in [7, 11) is -0.608. The second kappa shape index (κ2) is 2.64. The van der Waals surface area contributed by atoms with E-state index in [4.69, 9.17) is 0 Å². The molecule has 11 heavy (non-hydrogen) atoms. The highest BCUT2D eigenvalue weighted by Gasteiger charge is 2.18. The van der Waals surface area contributed by atoms with Crippen molar-refractivity contribution in [1.29, 1.82) is 0 Å². The van der Waals surface area contributed by atoms with Crippen LogP contribution in [0.1, 0.15) is 26.6 Å². The van der Waals surface area contributed by atoms with Gasteiger partial charge in [-0.3, -0.25) is 4.59 Å². The molecule has 1 heterocycles. The molecule has 0 radical (unpaired) electrons. The summed E-state index contributed by atoms with van der Waals surface area (Å²) in [6.45, 7) is 5.97. The maximum Gasteiger partial charge on any atom is 0.466 e. The van der Waals surface area contributed by atoms with Gasteiger partial charge in [0.05, 0.1) is 0 Å². The van der Waals surface area contributed by atoms with Crippen LogP contribution in [0, 0.1) is 0 Å². The highest BCUT2D eigenvalue weighted by atomic mass is 19.1. The van der Waals surface area contributed by atoms with E-state index in [1.54, 1.807) is 0 Å². The molecule has 0 aliphatic heterocycles. The van der Waals surface area contributed by atoms with Gasteiger partial charge in [0.15, 0.2) is 5.82 Å². The third kappa shape index (κ3) is 1.79. The molecule has 5 heteroatoms. The summed E-state index contributed by atoms with van der Waals surface area (Å²) >= 11 is 0. The second-order valence-electron chi connectivity index (χ2n) is 3.48. The molecule has 60 valence electrons. The van der Waals surface area contributed by atoms with E-state index >= 15 is 0 Å². The third-order valence-corrected chi connectivity index (χ3v) is 1.33. The molecule has 0 atom stereocenters. The number of hydrogen-bond donors (Lipinski definition) is 0. The van der Waals surface area contributed by atoms with Gasteiger partial charge in [0, 0.05) is 5.41 Å².